The number of methoxy groups -OCH3 is 1. The van der Waals surface area contributed by atoms with E-state index >= 15 is 0 Å². The number of aryl methyl sites for hydroxylation is 2. The van der Waals surface area contributed by atoms with Crippen molar-refractivity contribution in [2.75, 3.05) is 56.2 Å². The molecule has 1 unspecified atom stereocenters. The second-order valence-corrected chi connectivity index (χ2v) is 10.2. The molecule has 0 saturated carbocycles. The Morgan fingerprint density at radius 3 is 2.52 bits per heavy atom. The average Bonchev–Trinajstić information content (AvgIpc) is 3.28. The van der Waals surface area contributed by atoms with Crippen LogP contribution in [0.3, 0.4) is 0 Å². The number of carbonyl (C=O) groups is 1. The zero-order chi connectivity index (χ0) is 22.9. The number of anilines is 2. The Bertz CT molecular complexity index is 1140. The number of piperidine rings is 1. The van der Waals surface area contributed by atoms with E-state index in [0.29, 0.717) is 5.91 Å². The van der Waals surface area contributed by atoms with Crippen LogP contribution in [0.2, 0.25) is 0 Å². The summed E-state index contributed by atoms with van der Waals surface area (Å²) in [6.07, 6.45) is 2.01. The van der Waals surface area contributed by atoms with E-state index in [1.54, 1.807) is 18.4 Å². The maximum atomic E-state index is 13.4. The van der Waals surface area contributed by atoms with E-state index in [1.807, 2.05) is 12.1 Å². The molecule has 0 N–H and O–H groups in total. The Balaban J connectivity index is 1.22. The SMILES string of the molecule is COc1ccc(N2CCN(C(=O)C3CCCN(c4nc5c(C)cc(C)cc5s4)C3)CC2)cc1. The van der Waals surface area contributed by atoms with Gasteiger partial charge < -0.3 is 19.4 Å². The van der Waals surface area contributed by atoms with Crippen molar-refractivity contribution in [2.24, 2.45) is 5.92 Å². The number of nitrogens with zero attached hydrogens (tertiary/aromatic N) is 4. The van der Waals surface area contributed by atoms with Crippen LogP contribution in [0.4, 0.5) is 10.8 Å². The van der Waals surface area contributed by atoms with Gasteiger partial charge in [0, 0.05) is 45.0 Å². The molecular weight excluding hydrogens is 432 g/mol. The van der Waals surface area contributed by atoms with Gasteiger partial charge in [0.25, 0.3) is 0 Å². The molecule has 0 bridgehead atoms. The smallest absolute Gasteiger partial charge is 0.227 e. The second-order valence-electron chi connectivity index (χ2n) is 9.22. The number of hydrogen-bond donors (Lipinski definition) is 0. The topological polar surface area (TPSA) is 48.9 Å². The largest absolute Gasteiger partial charge is 0.497 e. The van der Waals surface area contributed by atoms with Gasteiger partial charge in [-0.25, -0.2) is 4.98 Å². The first kappa shape index (κ1) is 22.0. The number of rotatable bonds is 4. The van der Waals surface area contributed by atoms with Crippen LogP contribution >= 0.6 is 11.3 Å². The molecule has 0 aliphatic carbocycles. The van der Waals surface area contributed by atoms with E-state index in [0.717, 1.165) is 68.5 Å². The number of carbonyl (C=O) groups excluding carboxylic acids is 1. The highest BCUT2D eigenvalue weighted by Crippen LogP contribution is 2.34. The van der Waals surface area contributed by atoms with Crippen molar-refractivity contribution < 1.29 is 9.53 Å². The highest BCUT2D eigenvalue weighted by atomic mass is 32.1. The summed E-state index contributed by atoms with van der Waals surface area (Å²) >= 11 is 1.76. The molecule has 0 spiro atoms. The molecular formula is C26H32N4O2S. The van der Waals surface area contributed by atoms with Crippen LogP contribution in [0.25, 0.3) is 10.2 Å². The average molecular weight is 465 g/mol. The lowest BCUT2D eigenvalue weighted by atomic mass is 9.96. The van der Waals surface area contributed by atoms with Gasteiger partial charge in [0.2, 0.25) is 5.91 Å². The summed E-state index contributed by atoms with van der Waals surface area (Å²) in [5.41, 5.74) is 4.79. The van der Waals surface area contributed by atoms with E-state index in [9.17, 15) is 4.79 Å². The predicted octanol–water partition coefficient (Wildman–Crippen LogP) is 4.49. The maximum Gasteiger partial charge on any atom is 0.227 e. The second kappa shape index (κ2) is 9.21. The monoisotopic (exact) mass is 464 g/mol. The lowest BCUT2D eigenvalue weighted by Gasteiger charge is -2.39. The van der Waals surface area contributed by atoms with Gasteiger partial charge in [-0.3, -0.25) is 4.79 Å². The molecule has 2 saturated heterocycles. The fourth-order valence-electron chi connectivity index (χ4n) is 5.08. The van der Waals surface area contributed by atoms with Crippen LogP contribution in [0.15, 0.2) is 36.4 Å². The molecule has 3 heterocycles. The molecule has 6 nitrogen and oxygen atoms in total. The lowest BCUT2D eigenvalue weighted by molar-refractivity contribution is -0.136. The van der Waals surface area contributed by atoms with Crippen molar-refractivity contribution in [2.45, 2.75) is 26.7 Å². The minimum Gasteiger partial charge on any atom is -0.497 e. The summed E-state index contributed by atoms with van der Waals surface area (Å²) in [5, 5.41) is 1.06. The first-order chi connectivity index (χ1) is 16.0. The molecule has 5 rings (SSSR count). The number of fused-ring (bicyclic) bond motifs is 1. The third kappa shape index (κ3) is 4.51. The van der Waals surface area contributed by atoms with Crippen LogP contribution in [0.1, 0.15) is 24.0 Å². The van der Waals surface area contributed by atoms with Gasteiger partial charge in [-0.1, -0.05) is 17.4 Å². The Morgan fingerprint density at radius 2 is 1.79 bits per heavy atom. The van der Waals surface area contributed by atoms with Gasteiger partial charge >= 0.3 is 0 Å². The van der Waals surface area contributed by atoms with Gasteiger partial charge in [-0.2, -0.15) is 0 Å². The Kier molecular flexibility index (Phi) is 6.15. The van der Waals surface area contributed by atoms with Crippen molar-refractivity contribution in [3.63, 3.8) is 0 Å². The number of benzene rings is 2. The van der Waals surface area contributed by atoms with E-state index < -0.39 is 0 Å². The number of amides is 1. The van der Waals surface area contributed by atoms with Crippen molar-refractivity contribution in [1.29, 1.82) is 0 Å². The van der Waals surface area contributed by atoms with Crippen LogP contribution in [0, 0.1) is 19.8 Å². The molecule has 7 heteroatoms. The summed E-state index contributed by atoms with van der Waals surface area (Å²) in [7, 11) is 1.69. The lowest BCUT2D eigenvalue weighted by Crippen LogP contribution is -2.52. The van der Waals surface area contributed by atoms with E-state index in [4.69, 9.17) is 9.72 Å². The molecule has 2 aliphatic rings. The predicted molar refractivity (Wildman–Crippen MR) is 136 cm³/mol. The molecule has 1 amide bonds. The minimum absolute atomic E-state index is 0.0566. The molecule has 2 aromatic carbocycles. The van der Waals surface area contributed by atoms with Crippen LogP contribution < -0.4 is 14.5 Å². The summed E-state index contributed by atoms with van der Waals surface area (Å²) < 4.78 is 6.50. The number of ether oxygens (including phenoxy) is 1. The summed E-state index contributed by atoms with van der Waals surface area (Å²) in [5.74, 6) is 1.23. The van der Waals surface area contributed by atoms with Gasteiger partial charge in [0.1, 0.15) is 5.75 Å². The number of aromatic nitrogens is 1. The van der Waals surface area contributed by atoms with Crippen molar-refractivity contribution in [3.05, 3.63) is 47.5 Å². The zero-order valence-corrected chi connectivity index (χ0v) is 20.5. The Morgan fingerprint density at radius 1 is 1.03 bits per heavy atom. The number of thiazole rings is 1. The standard InChI is InChI=1S/C26H32N4O2S/c1-18-15-19(2)24-23(16-18)33-26(27-24)30-10-4-5-20(17-30)25(31)29-13-11-28(12-14-29)21-6-8-22(32-3)9-7-21/h6-9,15-16,20H,4-5,10-14,17H2,1-3H3. The third-order valence-corrected chi connectivity index (χ3v) is 7.95. The quantitative estimate of drug-likeness (QED) is 0.570. The first-order valence-electron chi connectivity index (χ1n) is 11.8. The van der Waals surface area contributed by atoms with Gasteiger partial charge in [0.05, 0.1) is 23.2 Å². The highest BCUT2D eigenvalue weighted by molar-refractivity contribution is 7.22. The Hall–Kier alpha value is -2.80. The summed E-state index contributed by atoms with van der Waals surface area (Å²) in [6, 6.07) is 12.6. The van der Waals surface area contributed by atoms with Crippen LogP contribution in [0.5, 0.6) is 5.75 Å². The van der Waals surface area contributed by atoms with Crippen LogP contribution in [-0.4, -0.2) is 62.2 Å². The van der Waals surface area contributed by atoms with Crippen molar-refractivity contribution >= 4 is 38.3 Å². The fraction of sp³-hybridized carbons (Fsp3) is 0.462. The normalized spacial score (nSPS) is 19.2. The first-order valence-corrected chi connectivity index (χ1v) is 12.6. The van der Waals surface area contributed by atoms with Gasteiger partial charge in [0.15, 0.2) is 5.13 Å². The van der Waals surface area contributed by atoms with E-state index in [2.05, 4.69) is 52.8 Å². The molecule has 3 aromatic rings. The molecule has 2 fully saturated rings. The zero-order valence-electron chi connectivity index (χ0n) is 19.7. The number of piperazine rings is 1. The number of hydrogen-bond acceptors (Lipinski definition) is 6. The van der Waals surface area contributed by atoms with Crippen LogP contribution in [-0.2, 0) is 4.79 Å². The van der Waals surface area contributed by atoms with Crippen molar-refractivity contribution in [1.82, 2.24) is 9.88 Å². The van der Waals surface area contributed by atoms with Gasteiger partial charge in [-0.15, -0.1) is 0 Å². The fourth-order valence-corrected chi connectivity index (χ4v) is 6.26. The molecule has 1 atom stereocenters. The van der Waals surface area contributed by atoms with Crippen molar-refractivity contribution in [3.8, 4) is 5.75 Å². The molecule has 2 aliphatic heterocycles. The maximum absolute atomic E-state index is 13.4. The molecule has 1 aromatic heterocycles. The molecule has 174 valence electrons. The van der Waals surface area contributed by atoms with Gasteiger partial charge in [-0.05, 0) is 68.1 Å². The van der Waals surface area contributed by atoms with E-state index in [1.165, 1.54) is 21.5 Å². The Labute approximate surface area is 199 Å². The molecule has 0 radical (unpaired) electrons. The summed E-state index contributed by atoms with van der Waals surface area (Å²) in [4.78, 5) is 25.1. The summed E-state index contributed by atoms with van der Waals surface area (Å²) in [6.45, 7) is 9.31. The highest BCUT2D eigenvalue weighted by Gasteiger charge is 2.32. The molecule has 33 heavy (non-hydrogen) atoms. The minimum atomic E-state index is 0.0566. The van der Waals surface area contributed by atoms with E-state index in [-0.39, 0.29) is 5.92 Å². The third-order valence-electron chi connectivity index (χ3n) is 6.89.